The van der Waals surface area contributed by atoms with Gasteiger partial charge in [0.05, 0.1) is 11.9 Å². The van der Waals surface area contributed by atoms with E-state index in [-0.39, 0.29) is 22.9 Å². The molecular formula is C20H15FN6O2. The molecule has 0 spiro atoms. The number of carbonyl (C=O) groups is 2. The van der Waals surface area contributed by atoms with Crippen molar-refractivity contribution in [3.63, 3.8) is 0 Å². The average Bonchev–Trinajstić information content (AvgIpc) is 3.38. The molecule has 3 aromatic heterocycles. The number of benzene rings is 1. The minimum atomic E-state index is -0.696. The van der Waals surface area contributed by atoms with Gasteiger partial charge >= 0.3 is 0 Å². The zero-order chi connectivity index (χ0) is 20.4. The fraction of sp³-hybridized carbons (Fsp3) is 0. The van der Waals surface area contributed by atoms with Crippen molar-refractivity contribution in [2.45, 2.75) is 0 Å². The highest BCUT2D eigenvalue weighted by molar-refractivity contribution is 6.06. The van der Waals surface area contributed by atoms with E-state index in [1.54, 1.807) is 41.2 Å². The van der Waals surface area contributed by atoms with Crippen molar-refractivity contribution in [2.24, 2.45) is 5.73 Å². The smallest absolute Gasteiger partial charge is 0.267 e. The quantitative estimate of drug-likeness (QED) is 0.546. The summed E-state index contributed by atoms with van der Waals surface area (Å²) in [6, 6.07) is 13.9. The van der Waals surface area contributed by atoms with Gasteiger partial charge in [0.15, 0.2) is 5.82 Å². The standard InChI is InChI=1S/C20H15FN6O2/c21-13-6-8-14(9-7-13)27-20(26-10-1-2-11-26)15(12-23-27)19(29)25-17-5-3-4-16(24-17)18(22)28/h1-12H,(H2,22,28)(H,24,25,29). The molecule has 3 N–H and O–H groups in total. The number of hydrogen-bond donors (Lipinski definition) is 2. The maximum Gasteiger partial charge on any atom is 0.267 e. The van der Waals surface area contributed by atoms with Crippen LogP contribution in [0.15, 0.2) is 73.2 Å². The van der Waals surface area contributed by atoms with Gasteiger partial charge < -0.3 is 15.6 Å². The molecule has 4 aromatic rings. The third-order valence-corrected chi connectivity index (χ3v) is 4.15. The number of hydrogen-bond acceptors (Lipinski definition) is 4. The van der Waals surface area contributed by atoms with Crippen LogP contribution in [0, 0.1) is 5.82 Å². The Morgan fingerprint density at radius 2 is 1.72 bits per heavy atom. The first-order valence-corrected chi connectivity index (χ1v) is 8.58. The zero-order valence-corrected chi connectivity index (χ0v) is 15.0. The number of halogens is 1. The van der Waals surface area contributed by atoms with E-state index in [0.29, 0.717) is 11.5 Å². The minimum Gasteiger partial charge on any atom is -0.364 e. The zero-order valence-electron chi connectivity index (χ0n) is 15.0. The van der Waals surface area contributed by atoms with Gasteiger partial charge in [0.2, 0.25) is 0 Å². The second kappa shape index (κ2) is 7.39. The van der Waals surface area contributed by atoms with Gasteiger partial charge in [0.1, 0.15) is 22.9 Å². The van der Waals surface area contributed by atoms with Crippen LogP contribution < -0.4 is 11.1 Å². The molecule has 1 aromatic carbocycles. The molecule has 29 heavy (non-hydrogen) atoms. The number of pyridine rings is 1. The molecule has 0 unspecified atom stereocenters. The van der Waals surface area contributed by atoms with E-state index < -0.39 is 11.8 Å². The molecule has 8 nitrogen and oxygen atoms in total. The predicted molar refractivity (Wildman–Crippen MR) is 104 cm³/mol. The Bertz CT molecular complexity index is 1180. The maximum atomic E-state index is 13.3. The Hall–Kier alpha value is -4.27. The lowest BCUT2D eigenvalue weighted by molar-refractivity contribution is 0.0991. The van der Waals surface area contributed by atoms with Gasteiger partial charge in [-0.1, -0.05) is 6.07 Å². The van der Waals surface area contributed by atoms with E-state index >= 15 is 0 Å². The molecule has 9 heteroatoms. The number of rotatable bonds is 5. The Kier molecular flexibility index (Phi) is 4.62. The molecular weight excluding hydrogens is 375 g/mol. The van der Waals surface area contributed by atoms with E-state index in [1.807, 2.05) is 12.1 Å². The molecule has 0 atom stereocenters. The molecule has 4 rings (SSSR count). The number of nitrogens with zero attached hydrogens (tertiary/aromatic N) is 4. The predicted octanol–water partition coefficient (Wildman–Crippen LogP) is 2.55. The topological polar surface area (TPSA) is 108 Å². The van der Waals surface area contributed by atoms with Gasteiger partial charge in [-0.25, -0.2) is 14.1 Å². The molecule has 3 heterocycles. The van der Waals surface area contributed by atoms with Gasteiger partial charge in [-0.2, -0.15) is 5.10 Å². The number of nitrogens with one attached hydrogen (secondary N) is 1. The van der Waals surface area contributed by atoms with Gasteiger partial charge in [0, 0.05) is 12.4 Å². The molecule has 0 aliphatic carbocycles. The molecule has 0 fully saturated rings. The lowest BCUT2D eigenvalue weighted by Gasteiger charge is -2.11. The molecule has 144 valence electrons. The van der Waals surface area contributed by atoms with Crippen LogP contribution in [0.2, 0.25) is 0 Å². The minimum absolute atomic E-state index is 0.0374. The van der Waals surface area contributed by atoms with E-state index in [9.17, 15) is 14.0 Å². The Morgan fingerprint density at radius 1 is 1.00 bits per heavy atom. The summed E-state index contributed by atoms with van der Waals surface area (Å²) in [5, 5.41) is 6.94. The summed E-state index contributed by atoms with van der Waals surface area (Å²) < 4.78 is 16.6. The first-order valence-electron chi connectivity index (χ1n) is 8.58. The van der Waals surface area contributed by atoms with Crippen LogP contribution in [0.5, 0.6) is 0 Å². The number of carbonyl (C=O) groups excluding carboxylic acids is 2. The molecule has 0 saturated heterocycles. The number of amides is 2. The Labute approximate surface area is 164 Å². The number of nitrogens with two attached hydrogens (primary N) is 1. The number of aromatic nitrogens is 4. The average molecular weight is 390 g/mol. The Balaban J connectivity index is 1.74. The van der Waals surface area contributed by atoms with Gasteiger partial charge in [-0.05, 0) is 48.5 Å². The third-order valence-electron chi connectivity index (χ3n) is 4.15. The third kappa shape index (κ3) is 3.61. The second-order valence-electron chi connectivity index (χ2n) is 6.09. The second-order valence-corrected chi connectivity index (χ2v) is 6.09. The number of anilines is 1. The van der Waals surface area contributed by atoms with E-state index in [0.717, 1.165) is 0 Å². The SMILES string of the molecule is NC(=O)c1cccc(NC(=O)c2cnn(-c3ccc(F)cc3)c2-n2cccc2)n1. The first-order chi connectivity index (χ1) is 14.0. The highest BCUT2D eigenvalue weighted by Gasteiger charge is 2.20. The summed E-state index contributed by atoms with van der Waals surface area (Å²) in [4.78, 5) is 28.2. The van der Waals surface area contributed by atoms with Crippen LogP contribution in [-0.4, -0.2) is 31.1 Å². The van der Waals surface area contributed by atoms with Crippen molar-refractivity contribution in [1.82, 2.24) is 19.3 Å². The first kappa shape index (κ1) is 18.1. The van der Waals surface area contributed by atoms with Crippen LogP contribution >= 0.6 is 0 Å². The van der Waals surface area contributed by atoms with Crippen molar-refractivity contribution < 1.29 is 14.0 Å². The van der Waals surface area contributed by atoms with Crippen LogP contribution in [-0.2, 0) is 0 Å². The fourth-order valence-corrected chi connectivity index (χ4v) is 2.82. The summed E-state index contributed by atoms with van der Waals surface area (Å²) in [5.41, 5.74) is 6.12. The summed E-state index contributed by atoms with van der Waals surface area (Å²) in [6.45, 7) is 0. The largest absolute Gasteiger partial charge is 0.364 e. The number of primary amides is 1. The van der Waals surface area contributed by atoms with Gasteiger partial charge in [-0.3, -0.25) is 9.59 Å². The molecule has 0 radical (unpaired) electrons. The highest BCUT2D eigenvalue weighted by atomic mass is 19.1. The van der Waals surface area contributed by atoms with Crippen molar-refractivity contribution >= 4 is 17.6 Å². The maximum absolute atomic E-state index is 13.3. The van der Waals surface area contributed by atoms with Crippen LogP contribution in [0.25, 0.3) is 11.5 Å². The lowest BCUT2D eigenvalue weighted by atomic mass is 10.2. The highest BCUT2D eigenvalue weighted by Crippen LogP contribution is 2.21. The van der Waals surface area contributed by atoms with Crippen molar-refractivity contribution in [3.05, 3.63) is 90.3 Å². The molecule has 0 saturated carbocycles. The van der Waals surface area contributed by atoms with E-state index in [4.69, 9.17) is 5.73 Å². The van der Waals surface area contributed by atoms with Gasteiger partial charge in [-0.15, -0.1) is 0 Å². The van der Waals surface area contributed by atoms with Crippen molar-refractivity contribution in [1.29, 1.82) is 0 Å². The van der Waals surface area contributed by atoms with Crippen LogP contribution in [0.3, 0.4) is 0 Å². The molecule has 0 aliphatic rings. The summed E-state index contributed by atoms with van der Waals surface area (Å²) in [6.07, 6.45) is 4.94. The monoisotopic (exact) mass is 390 g/mol. The molecule has 0 bridgehead atoms. The van der Waals surface area contributed by atoms with Gasteiger partial charge in [0.25, 0.3) is 11.8 Å². The van der Waals surface area contributed by atoms with Crippen molar-refractivity contribution in [3.8, 4) is 11.5 Å². The molecule has 2 amide bonds. The fourth-order valence-electron chi connectivity index (χ4n) is 2.82. The van der Waals surface area contributed by atoms with Crippen LogP contribution in [0.1, 0.15) is 20.8 Å². The molecule has 0 aliphatic heterocycles. The van der Waals surface area contributed by atoms with Crippen LogP contribution in [0.4, 0.5) is 10.2 Å². The van der Waals surface area contributed by atoms with Crippen molar-refractivity contribution in [2.75, 3.05) is 5.32 Å². The van der Waals surface area contributed by atoms with E-state index in [2.05, 4.69) is 15.4 Å². The summed E-state index contributed by atoms with van der Waals surface area (Å²) in [7, 11) is 0. The normalized spacial score (nSPS) is 10.7. The lowest BCUT2D eigenvalue weighted by Crippen LogP contribution is -2.18. The summed E-state index contributed by atoms with van der Waals surface area (Å²) in [5.74, 6) is -0.902. The summed E-state index contributed by atoms with van der Waals surface area (Å²) >= 11 is 0. The Morgan fingerprint density at radius 3 is 2.41 bits per heavy atom. The van der Waals surface area contributed by atoms with E-state index in [1.165, 1.54) is 29.1 Å².